The van der Waals surface area contributed by atoms with Crippen molar-refractivity contribution < 1.29 is 33.5 Å². The van der Waals surface area contributed by atoms with E-state index in [2.05, 4.69) is 128 Å². The summed E-state index contributed by atoms with van der Waals surface area (Å²) >= 11 is 0. The number of anilines is 2. The van der Waals surface area contributed by atoms with Gasteiger partial charge in [-0.15, -0.1) is 0 Å². The molecule has 5 N–H and O–H groups in total. The molecule has 0 radical (unpaired) electrons. The van der Waals surface area contributed by atoms with E-state index < -0.39 is 6.10 Å². The molecule has 6 aromatic rings. The van der Waals surface area contributed by atoms with E-state index in [1.54, 1.807) is 0 Å². The van der Waals surface area contributed by atoms with Crippen molar-refractivity contribution in [3.05, 3.63) is 177 Å². The Morgan fingerprint density at radius 3 is 0.986 bits per heavy atom. The van der Waals surface area contributed by atoms with Gasteiger partial charge in [-0.05, 0) is 136 Å². The normalized spacial score (nSPS) is 15.7. The molecule has 2 atom stereocenters. The first-order valence-electron chi connectivity index (χ1n) is 24.8. The number of hydrogen-bond acceptors (Lipinski definition) is 9. The van der Waals surface area contributed by atoms with Crippen molar-refractivity contribution in [2.24, 2.45) is 0 Å². The molecule has 0 aromatic heterocycles. The first-order valence-corrected chi connectivity index (χ1v) is 24.8. The van der Waals surface area contributed by atoms with Crippen LogP contribution in [-0.2, 0) is 52.4 Å². The Bertz CT molecular complexity index is 2330. The van der Waals surface area contributed by atoms with E-state index in [4.69, 9.17) is 39.9 Å². The number of aryl methyl sites for hydroxylation is 4. The van der Waals surface area contributed by atoms with Gasteiger partial charge in [-0.2, -0.15) is 0 Å². The van der Waals surface area contributed by atoms with Gasteiger partial charge in [-0.3, -0.25) is 0 Å². The lowest BCUT2D eigenvalue weighted by atomic mass is 9.78. The summed E-state index contributed by atoms with van der Waals surface area (Å²) in [5.41, 5.74) is 26.6. The SMILES string of the molecule is CC(C)(c1ccc(OCC(O)COc2ccc(C(C)(C)c3ccc(OCC4CO4)cc3)cc2)cc1)c1ccc(OCC2CO2)cc1.CCc1cc(Cc2cc(CC)c(N)c(CC)c2)cc(CC)c1N. The summed E-state index contributed by atoms with van der Waals surface area (Å²) in [6.07, 6.45) is 4.58. The van der Waals surface area contributed by atoms with Crippen LogP contribution in [0.15, 0.2) is 121 Å². The Balaban J connectivity index is 0.000000257. The second-order valence-electron chi connectivity index (χ2n) is 19.4. The highest BCUT2D eigenvalue weighted by Crippen LogP contribution is 2.35. The van der Waals surface area contributed by atoms with Crippen molar-refractivity contribution in [3.63, 3.8) is 0 Å². The Kier molecular flexibility index (Phi) is 17.0. The van der Waals surface area contributed by atoms with E-state index in [9.17, 15) is 5.11 Å². The molecule has 366 valence electrons. The molecule has 2 fully saturated rings. The first kappa shape index (κ1) is 50.9. The van der Waals surface area contributed by atoms with Crippen LogP contribution in [0.1, 0.15) is 111 Å². The van der Waals surface area contributed by atoms with Crippen LogP contribution in [0.4, 0.5) is 11.4 Å². The van der Waals surface area contributed by atoms with Gasteiger partial charge < -0.3 is 45.0 Å². The molecule has 2 unspecified atom stereocenters. The average Bonchev–Trinajstić information content (AvgIpc) is 4.33. The molecule has 9 heteroatoms. The van der Waals surface area contributed by atoms with Gasteiger partial charge in [0.2, 0.25) is 0 Å². The van der Waals surface area contributed by atoms with Crippen molar-refractivity contribution >= 4 is 11.4 Å². The second kappa shape index (κ2) is 23.1. The van der Waals surface area contributed by atoms with E-state index in [1.807, 2.05) is 48.5 Å². The second-order valence-corrected chi connectivity index (χ2v) is 19.4. The van der Waals surface area contributed by atoms with Crippen LogP contribution in [0.3, 0.4) is 0 Å². The number of epoxide rings is 2. The number of ether oxygens (including phenoxy) is 6. The van der Waals surface area contributed by atoms with Crippen LogP contribution in [0.2, 0.25) is 0 Å². The number of benzene rings is 6. The number of aliphatic hydroxyl groups is 1. The maximum Gasteiger partial charge on any atom is 0.122 e. The van der Waals surface area contributed by atoms with Gasteiger partial charge in [-0.1, -0.05) is 128 Å². The molecule has 2 aliphatic heterocycles. The van der Waals surface area contributed by atoms with E-state index in [-0.39, 0.29) is 36.3 Å². The van der Waals surface area contributed by atoms with E-state index >= 15 is 0 Å². The molecule has 2 saturated heterocycles. The minimum atomic E-state index is -0.772. The monoisotopic (exact) mass is 935 g/mol. The van der Waals surface area contributed by atoms with Crippen LogP contribution in [0, 0.1) is 0 Å². The zero-order chi connectivity index (χ0) is 49.1. The highest BCUT2D eigenvalue weighted by Gasteiger charge is 2.27. The van der Waals surface area contributed by atoms with Crippen LogP contribution >= 0.6 is 0 Å². The average molecular weight is 935 g/mol. The highest BCUT2D eigenvalue weighted by molar-refractivity contribution is 5.59. The zero-order valence-electron chi connectivity index (χ0n) is 42.1. The third-order valence-corrected chi connectivity index (χ3v) is 13.6. The Morgan fingerprint density at radius 2 is 0.739 bits per heavy atom. The lowest BCUT2D eigenvalue weighted by Crippen LogP contribution is -2.25. The minimum absolute atomic E-state index is 0.134. The maximum absolute atomic E-state index is 10.5. The van der Waals surface area contributed by atoms with E-state index in [1.165, 1.54) is 55.6 Å². The third kappa shape index (κ3) is 13.6. The van der Waals surface area contributed by atoms with Crippen molar-refractivity contribution in [1.82, 2.24) is 0 Å². The van der Waals surface area contributed by atoms with E-state index in [0.29, 0.717) is 24.7 Å². The summed E-state index contributed by atoms with van der Waals surface area (Å²) in [5.74, 6) is 3.11. The number of nitrogen functional groups attached to an aromatic ring is 2. The molecule has 2 heterocycles. The van der Waals surface area contributed by atoms with Crippen molar-refractivity contribution in [3.8, 4) is 23.0 Å². The van der Waals surface area contributed by atoms with Gasteiger partial charge in [0.1, 0.15) is 67.7 Å². The highest BCUT2D eigenvalue weighted by atomic mass is 16.6. The standard InChI is InChI=1S/C39H44O7.C21H30N2/c1-38(2,29-9-17-34(18-10-29)43-23-36-25-45-36)27-5-13-32(14-6-27)41-21-31(40)22-42-33-15-7-28(8-16-33)39(3,4)30-11-19-35(20-12-30)44-24-37-26-46-37;1-5-16-10-14(11-17(6-2)20(16)22)9-15-12-18(7-3)21(23)19(8-4)13-15/h5-20,31,36-37,40H,21-26H2,1-4H3;10-13H,5-9,22-23H2,1-4H3. The lowest BCUT2D eigenvalue weighted by molar-refractivity contribution is 0.0626. The third-order valence-electron chi connectivity index (χ3n) is 13.6. The fourth-order valence-electron chi connectivity index (χ4n) is 8.66. The molecule has 9 nitrogen and oxygen atoms in total. The predicted octanol–water partition coefficient (Wildman–Crippen LogP) is 11.4. The van der Waals surface area contributed by atoms with Gasteiger partial charge in [-0.25, -0.2) is 0 Å². The lowest BCUT2D eigenvalue weighted by Gasteiger charge is -2.26. The Labute approximate surface area is 411 Å². The molecule has 0 aliphatic carbocycles. The Hall–Kier alpha value is -6.00. The quantitative estimate of drug-likeness (QED) is 0.0449. The molecule has 8 rings (SSSR count). The number of hydrogen-bond donors (Lipinski definition) is 3. The van der Waals surface area contributed by atoms with Gasteiger partial charge in [0.05, 0.1) is 13.2 Å². The summed E-state index contributed by atoms with van der Waals surface area (Å²) in [7, 11) is 0. The van der Waals surface area contributed by atoms with Crippen molar-refractivity contribution in [2.75, 3.05) is 51.1 Å². The molecule has 0 saturated carbocycles. The van der Waals surface area contributed by atoms with Crippen LogP contribution in [0.25, 0.3) is 0 Å². The number of nitrogens with two attached hydrogens (primary N) is 2. The molecular weight excluding hydrogens is 861 g/mol. The molecule has 69 heavy (non-hydrogen) atoms. The van der Waals surface area contributed by atoms with Gasteiger partial charge in [0.25, 0.3) is 0 Å². The van der Waals surface area contributed by atoms with Gasteiger partial charge >= 0.3 is 0 Å². The molecule has 0 amide bonds. The van der Waals surface area contributed by atoms with Crippen LogP contribution < -0.4 is 30.4 Å². The Morgan fingerprint density at radius 1 is 0.478 bits per heavy atom. The molecular formula is C60H74N2O7. The molecule has 0 bridgehead atoms. The summed E-state index contributed by atoms with van der Waals surface area (Å²) in [5, 5.41) is 10.5. The summed E-state index contributed by atoms with van der Waals surface area (Å²) in [6.45, 7) is 20.5. The fraction of sp³-hybridized carbons (Fsp3) is 0.400. The molecule has 6 aromatic carbocycles. The number of aliphatic hydroxyl groups excluding tert-OH is 1. The summed E-state index contributed by atoms with van der Waals surface area (Å²) in [4.78, 5) is 0. The van der Waals surface area contributed by atoms with Gasteiger partial charge in [0, 0.05) is 22.2 Å². The minimum Gasteiger partial charge on any atom is -0.491 e. The van der Waals surface area contributed by atoms with Gasteiger partial charge in [0.15, 0.2) is 0 Å². The fourth-order valence-corrected chi connectivity index (χ4v) is 8.66. The molecule has 2 aliphatic rings. The topological polar surface area (TPSA) is 134 Å². The smallest absolute Gasteiger partial charge is 0.122 e. The van der Waals surface area contributed by atoms with Crippen LogP contribution in [0.5, 0.6) is 23.0 Å². The zero-order valence-corrected chi connectivity index (χ0v) is 42.1. The van der Waals surface area contributed by atoms with Crippen LogP contribution in [-0.4, -0.2) is 63.1 Å². The van der Waals surface area contributed by atoms with E-state index in [0.717, 1.165) is 68.2 Å². The number of rotatable bonds is 22. The maximum atomic E-state index is 10.5. The summed E-state index contributed by atoms with van der Waals surface area (Å²) < 4.78 is 33.7. The molecule has 0 spiro atoms. The summed E-state index contributed by atoms with van der Waals surface area (Å²) in [6, 6.07) is 41.6. The van der Waals surface area contributed by atoms with Crippen molar-refractivity contribution in [2.45, 2.75) is 117 Å². The van der Waals surface area contributed by atoms with Crippen molar-refractivity contribution in [1.29, 1.82) is 0 Å². The predicted molar refractivity (Wildman–Crippen MR) is 280 cm³/mol. The first-order chi connectivity index (χ1) is 33.2. The largest absolute Gasteiger partial charge is 0.491 e.